The lowest BCUT2D eigenvalue weighted by atomic mass is 10.3. The molecule has 0 atom stereocenters. The SMILES string of the molecule is COCCN(CCOc1cccc(Br)c1)CCC(=N)N. The maximum absolute atomic E-state index is 7.28. The van der Waals surface area contributed by atoms with Crippen LogP contribution in [0.2, 0.25) is 0 Å². The van der Waals surface area contributed by atoms with Gasteiger partial charge in [0, 0.05) is 37.6 Å². The lowest BCUT2D eigenvalue weighted by Gasteiger charge is -2.21. The monoisotopic (exact) mass is 343 g/mol. The molecule has 0 heterocycles. The third-order valence-electron chi connectivity index (χ3n) is 2.78. The highest BCUT2D eigenvalue weighted by atomic mass is 79.9. The first-order valence-electron chi connectivity index (χ1n) is 6.54. The van der Waals surface area contributed by atoms with Gasteiger partial charge < -0.3 is 15.2 Å². The van der Waals surface area contributed by atoms with Crippen LogP contribution in [-0.4, -0.2) is 50.7 Å². The summed E-state index contributed by atoms with van der Waals surface area (Å²) < 4.78 is 11.8. The molecule has 0 unspecified atom stereocenters. The predicted octanol–water partition coefficient (Wildman–Crippen LogP) is 2.10. The number of hydrogen-bond donors (Lipinski definition) is 2. The zero-order chi connectivity index (χ0) is 14.8. The van der Waals surface area contributed by atoms with E-state index in [1.165, 1.54) is 0 Å². The molecule has 112 valence electrons. The molecule has 6 heteroatoms. The summed E-state index contributed by atoms with van der Waals surface area (Å²) in [5, 5.41) is 7.28. The maximum Gasteiger partial charge on any atom is 0.120 e. The summed E-state index contributed by atoms with van der Waals surface area (Å²) in [6.45, 7) is 3.60. The van der Waals surface area contributed by atoms with Gasteiger partial charge in [0.05, 0.1) is 12.4 Å². The van der Waals surface area contributed by atoms with Crippen molar-refractivity contribution in [3.63, 3.8) is 0 Å². The Kier molecular flexibility index (Phi) is 8.25. The second-order valence-electron chi connectivity index (χ2n) is 4.42. The fourth-order valence-corrected chi connectivity index (χ4v) is 2.06. The Balaban J connectivity index is 2.34. The van der Waals surface area contributed by atoms with Crippen LogP contribution >= 0.6 is 15.9 Å². The second kappa shape index (κ2) is 9.74. The molecule has 3 N–H and O–H groups in total. The van der Waals surface area contributed by atoms with Gasteiger partial charge in [0.25, 0.3) is 0 Å². The summed E-state index contributed by atoms with van der Waals surface area (Å²) in [6, 6.07) is 7.78. The standard InChI is InChI=1S/C14H22BrN3O2/c1-19-9-7-18(6-5-14(16)17)8-10-20-13-4-2-3-12(15)11-13/h2-4,11H,5-10H2,1H3,(H3,16,17). The van der Waals surface area contributed by atoms with Gasteiger partial charge in [0.1, 0.15) is 12.4 Å². The number of rotatable bonds is 10. The van der Waals surface area contributed by atoms with Crippen LogP contribution in [0.25, 0.3) is 0 Å². The molecular weight excluding hydrogens is 322 g/mol. The molecule has 0 saturated heterocycles. The van der Waals surface area contributed by atoms with E-state index in [4.69, 9.17) is 20.6 Å². The van der Waals surface area contributed by atoms with Crippen LogP contribution in [0.5, 0.6) is 5.75 Å². The minimum Gasteiger partial charge on any atom is -0.492 e. The van der Waals surface area contributed by atoms with Gasteiger partial charge in [0.2, 0.25) is 0 Å². The molecule has 0 fully saturated rings. The van der Waals surface area contributed by atoms with E-state index in [9.17, 15) is 0 Å². The van der Waals surface area contributed by atoms with Crippen molar-refractivity contribution >= 4 is 21.8 Å². The minimum atomic E-state index is 0.209. The highest BCUT2D eigenvalue weighted by Gasteiger charge is 2.06. The third-order valence-corrected chi connectivity index (χ3v) is 3.27. The molecule has 0 aliphatic rings. The van der Waals surface area contributed by atoms with E-state index in [0.29, 0.717) is 19.6 Å². The summed E-state index contributed by atoms with van der Waals surface area (Å²) in [5.74, 6) is 1.05. The zero-order valence-electron chi connectivity index (χ0n) is 11.8. The molecule has 0 aromatic heterocycles. The minimum absolute atomic E-state index is 0.209. The van der Waals surface area contributed by atoms with Crippen LogP contribution < -0.4 is 10.5 Å². The van der Waals surface area contributed by atoms with Crippen LogP contribution in [0, 0.1) is 5.41 Å². The van der Waals surface area contributed by atoms with Gasteiger partial charge in [-0.05, 0) is 18.2 Å². The van der Waals surface area contributed by atoms with Gasteiger partial charge in [-0.1, -0.05) is 22.0 Å². The average molecular weight is 344 g/mol. The molecule has 1 rings (SSSR count). The summed E-state index contributed by atoms with van der Waals surface area (Å²) >= 11 is 3.41. The van der Waals surface area contributed by atoms with E-state index in [0.717, 1.165) is 29.9 Å². The lowest BCUT2D eigenvalue weighted by molar-refractivity contribution is 0.136. The van der Waals surface area contributed by atoms with Crippen LogP contribution in [0.3, 0.4) is 0 Å². The van der Waals surface area contributed by atoms with Crippen molar-refractivity contribution in [1.82, 2.24) is 4.90 Å². The molecule has 0 radical (unpaired) electrons. The Morgan fingerprint density at radius 3 is 2.70 bits per heavy atom. The zero-order valence-corrected chi connectivity index (χ0v) is 13.4. The Labute approximate surface area is 128 Å². The van der Waals surface area contributed by atoms with Crippen molar-refractivity contribution < 1.29 is 9.47 Å². The van der Waals surface area contributed by atoms with Gasteiger partial charge in [0.15, 0.2) is 0 Å². The number of halogens is 1. The molecular formula is C14H22BrN3O2. The number of hydrogen-bond acceptors (Lipinski definition) is 4. The number of nitrogens with two attached hydrogens (primary N) is 1. The first kappa shape index (κ1) is 16.9. The maximum atomic E-state index is 7.28. The molecule has 1 aromatic carbocycles. The Morgan fingerprint density at radius 2 is 2.05 bits per heavy atom. The Bertz CT molecular complexity index is 415. The molecule has 0 aliphatic heterocycles. The topological polar surface area (TPSA) is 71.6 Å². The lowest BCUT2D eigenvalue weighted by Crippen LogP contribution is -2.34. The first-order valence-corrected chi connectivity index (χ1v) is 7.33. The van der Waals surface area contributed by atoms with Gasteiger partial charge in [-0.2, -0.15) is 0 Å². The number of ether oxygens (including phenoxy) is 2. The van der Waals surface area contributed by atoms with Crippen molar-refractivity contribution in [2.24, 2.45) is 5.73 Å². The number of amidine groups is 1. The molecule has 5 nitrogen and oxygen atoms in total. The quantitative estimate of drug-likeness (QED) is 0.504. The van der Waals surface area contributed by atoms with E-state index in [2.05, 4.69) is 20.8 Å². The van der Waals surface area contributed by atoms with Gasteiger partial charge in [-0.15, -0.1) is 0 Å². The molecule has 20 heavy (non-hydrogen) atoms. The molecule has 0 amide bonds. The van der Waals surface area contributed by atoms with Crippen molar-refractivity contribution in [2.75, 3.05) is 40.0 Å². The van der Waals surface area contributed by atoms with Gasteiger partial charge in [-0.25, -0.2) is 0 Å². The van der Waals surface area contributed by atoms with Gasteiger partial charge >= 0.3 is 0 Å². The van der Waals surface area contributed by atoms with Gasteiger partial charge in [-0.3, -0.25) is 10.3 Å². The molecule has 0 aliphatic carbocycles. The van der Waals surface area contributed by atoms with E-state index in [1.807, 2.05) is 24.3 Å². The van der Waals surface area contributed by atoms with E-state index in [1.54, 1.807) is 7.11 Å². The second-order valence-corrected chi connectivity index (χ2v) is 5.33. The number of nitrogens with one attached hydrogen (secondary N) is 1. The van der Waals surface area contributed by atoms with Crippen LogP contribution in [0.1, 0.15) is 6.42 Å². The van der Waals surface area contributed by atoms with E-state index < -0.39 is 0 Å². The van der Waals surface area contributed by atoms with Crippen LogP contribution in [0.4, 0.5) is 0 Å². The molecule has 1 aromatic rings. The van der Waals surface area contributed by atoms with Crippen molar-refractivity contribution in [1.29, 1.82) is 5.41 Å². The number of benzene rings is 1. The fraction of sp³-hybridized carbons (Fsp3) is 0.500. The smallest absolute Gasteiger partial charge is 0.120 e. The average Bonchev–Trinajstić information content (AvgIpc) is 2.41. The highest BCUT2D eigenvalue weighted by Crippen LogP contribution is 2.17. The summed E-state index contributed by atoms with van der Waals surface area (Å²) in [4.78, 5) is 2.18. The summed E-state index contributed by atoms with van der Waals surface area (Å²) in [6.07, 6.45) is 0.570. The van der Waals surface area contributed by atoms with Crippen molar-refractivity contribution in [3.8, 4) is 5.75 Å². The molecule has 0 spiro atoms. The Morgan fingerprint density at radius 1 is 1.30 bits per heavy atom. The van der Waals surface area contributed by atoms with Crippen LogP contribution in [0.15, 0.2) is 28.7 Å². The highest BCUT2D eigenvalue weighted by molar-refractivity contribution is 9.10. The van der Waals surface area contributed by atoms with Crippen LogP contribution in [-0.2, 0) is 4.74 Å². The van der Waals surface area contributed by atoms with Crippen molar-refractivity contribution in [3.05, 3.63) is 28.7 Å². The fourth-order valence-electron chi connectivity index (χ4n) is 1.68. The first-order chi connectivity index (χ1) is 9.61. The molecule has 0 bridgehead atoms. The van der Waals surface area contributed by atoms with E-state index in [-0.39, 0.29) is 5.84 Å². The number of methoxy groups -OCH3 is 1. The number of nitrogens with zero attached hydrogens (tertiary/aromatic N) is 1. The van der Waals surface area contributed by atoms with Crippen molar-refractivity contribution in [2.45, 2.75) is 6.42 Å². The third kappa shape index (κ3) is 7.47. The van der Waals surface area contributed by atoms with E-state index >= 15 is 0 Å². The molecule has 0 saturated carbocycles. The largest absolute Gasteiger partial charge is 0.492 e. The predicted molar refractivity (Wildman–Crippen MR) is 84.5 cm³/mol. The summed E-state index contributed by atoms with van der Waals surface area (Å²) in [7, 11) is 1.68. The normalized spacial score (nSPS) is 10.8. The summed E-state index contributed by atoms with van der Waals surface area (Å²) in [5.41, 5.74) is 5.39. The Hall–Kier alpha value is -1.11.